The molecule has 2 fully saturated rings. The van der Waals surface area contributed by atoms with Crippen LogP contribution in [0.4, 0.5) is 0 Å². The molecule has 3 heteroatoms. The van der Waals surface area contributed by atoms with Crippen LogP contribution in [0.15, 0.2) is 0 Å². The second-order valence-corrected chi connectivity index (χ2v) is 7.35. The maximum Gasteiger partial charge on any atom is 0.0600 e. The highest BCUT2D eigenvalue weighted by Gasteiger charge is 2.45. The summed E-state index contributed by atoms with van der Waals surface area (Å²) in [6.45, 7) is 15.3. The smallest absolute Gasteiger partial charge is 0.0600 e. The normalized spacial score (nSPS) is 34.8. The van der Waals surface area contributed by atoms with Gasteiger partial charge in [0.05, 0.1) is 12.2 Å². The van der Waals surface area contributed by atoms with Gasteiger partial charge in [0.15, 0.2) is 0 Å². The number of hydrogen-bond donors (Lipinski definition) is 1. The molecule has 1 N–H and O–H groups in total. The van der Waals surface area contributed by atoms with E-state index in [1.165, 1.54) is 19.4 Å². The first-order chi connectivity index (χ1) is 8.30. The summed E-state index contributed by atoms with van der Waals surface area (Å²) in [6, 6.07) is 0.625. The third-order valence-electron chi connectivity index (χ3n) is 4.35. The van der Waals surface area contributed by atoms with Crippen molar-refractivity contribution < 1.29 is 4.74 Å². The van der Waals surface area contributed by atoms with Gasteiger partial charge in [-0.15, -0.1) is 0 Å². The molecule has 0 spiro atoms. The molecule has 1 saturated heterocycles. The fraction of sp³-hybridized carbons (Fsp3) is 1.00. The van der Waals surface area contributed by atoms with Crippen molar-refractivity contribution in [3.05, 3.63) is 0 Å². The molecule has 0 radical (unpaired) electrons. The van der Waals surface area contributed by atoms with Gasteiger partial charge in [-0.1, -0.05) is 0 Å². The van der Waals surface area contributed by atoms with Gasteiger partial charge in [-0.05, 0) is 53.4 Å². The Morgan fingerprint density at radius 3 is 2.56 bits per heavy atom. The standard InChI is InChI=1S/C15H30N2O/c1-12-10-16-15(5,13-6-7-13)11-17(12)8-9-18-14(2,3)4/h12-13,16H,6-11H2,1-5H3. The summed E-state index contributed by atoms with van der Waals surface area (Å²) in [5.41, 5.74) is 0.325. The minimum atomic E-state index is -0.0168. The van der Waals surface area contributed by atoms with Crippen molar-refractivity contribution in [1.82, 2.24) is 10.2 Å². The quantitative estimate of drug-likeness (QED) is 0.833. The molecule has 0 amide bonds. The molecule has 1 aliphatic carbocycles. The van der Waals surface area contributed by atoms with Crippen molar-refractivity contribution in [3.8, 4) is 0 Å². The van der Waals surface area contributed by atoms with Crippen LogP contribution >= 0.6 is 0 Å². The first-order valence-corrected chi connectivity index (χ1v) is 7.43. The molecule has 0 aromatic rings. The minimum absolute atomic E-state index is 0.0168. The minimum Gasteiger partial charge on any atom is -0.375 e. The van der Waals surface area contributed by atoms with E-state index in [-0.39, 0.29) is 5.60 Å². The molecular formula is C15H30N2O. The van der Waals surface area contributed by atoms with E-state index in [1.54, 1.807) is 0 Å². The first-order valence-electron chi connectivity index (χ1n) is 7.43. The topological polar surface area (TPSA) is 24.5 Å². The lowest BCUT2D eigenvalue weighted by atomic mass is 9.91. The van der Waals surface area contributed by atoms with E-state index < -0.39 is 0 Å². The maximum absolute atomic E-state index is 5.86. The molecule has 0 bridgehead atoms. The zero-order valence-electron chi connectivity index (χ0n) is 12.8. The van der Waals surface area contributed by atoms with Crippen LogP contribution in [0, 0.1) is 5.92 Å². The second kappa shape index (κ2) is 5.10. The third-order valence-corrected chi connectivity index (χ3v) is 4.35. The van der Waals surface area contributed by atoms with Gasteiger partial charge < -0.3 is 10.1 Å². The molecule has 2 aliphatic rings. The number of ether oxygens (including phenoxy) is 1. The highest BCUT2D eigenvalue weighted by molar-refractivity contribution is 5.03. The van der Waals surface area contributed by atoms with Crippen LogP contribution in [-0.4, -0.2) is 48.3 Å². The van der Waals surface area contributed by atoms with Crippen molar-refractivity contribution in [2.75, 3.05) is 26.2 Å². The van der Waals surface area contributed by atoms with E-state index in [1.807, 2.05) is 0 Å². The highest BCUT2D eigenvalue weighted by Crippen LogP contribution is 2.41. The van der Waals surface area contributed by atoms with Crippen molar-refractivity contribution in [2.45, 2.75) is 64.6 Å². The van der Waals surface area contributed by atoms with Crippen molar-refractivity contribution in [2.24, 2.45) is 5.92 Å². The lowest BCUT2D eigenvalue weighted by Crippen LogP contribution is -2.63. The van der Waals surface area contributed by atoms with Gasteiger partial charge in [-0.3, -0.25) is 4.90 Å². The molecular weight excluding hydrogens is 224 g/mol. The number of nitrogens with zero attached hydrogens (tertiary/aromatic N) is 1. The van der Waals surface area contributed by atoms with Gasteiger partial charge in [0.25, 0.3) is 0 Å². The molecule has 1 aliphatic heterocycles. The highest BCUT2D eigenvalue weighted by atomic mass is 16.5. The summed E-state index contributed by atoms with van der Waals surface area (Å²) in [7, 11) is 0. The number of hydrogen-bond acceptors (Lipinski definition) is 3. The van der Waals surface area contributed by atoms with Crippen molar-refractivity contribution in [1.29, 1.82) is 0 Å². The molecule has 2 unspecified atom stereocenters. The molecule has 3 nitrogen and oxygen atoms in total. The van der Waals surface area contributed by atoms with Crippen LogP contribution in [0.5, 0.6) is 0 Å². The van der Waals surface area contributed by atoms with E-state index in [0.29, 0.717) is 11.6 Å². The Hall–Kier alpha value is -0.120. The predicted octanol–water partition coefficient (Wildman–Crippen LogP) is 2.26. The molecule has 0 aromatic carbocycles. The Morgan fingerprint density at radius 2 is 2.00 bits per heavy atom. The Labute approximate surface area is 112 Å². The van der Waals surface area contributed by atoms with E-state index in [9.17, 15) is 0 Å². The Morgan fingerprint density at radius 1 is 1.33 bits per heavy atom. The van der Waals surface area contributed by atoms with Crippen molar-refractivity contribution >= 4 is 0 Å². The van der Waals surface area contributed by atoms with Gasteiger partial charge in [-0.2, -0.15) is 0 Å². The van der Waals surface area contributed by atoms with Crippen LogP contribution in [0.1, 0.15) is 47.5 Å². The predicted molar refractivity (Wildman–Crippen MR) is 75.9 cm³/mol. The molecule has 18 heavy (non-hydrogen) atoms. The Balaban J connectivity index is 1.82. The van der Waals surface area contributed by atoms with Crippen LogP contribution < -0.4 is 5.32 Å². The maximum atomic E-state index is 5.86. The second-order valence-electron chi connectivity index (χ2n) is 7.35. The van der Waals surface area contributed by atoms with E-state index in [4.69, 9.17) is 4.74 Å². The molecule has 0 aromatic heterocycles. The Bertz CT molecular complexity index is 283. The zero-order chi connectivity index (χ0) is 13.4. The van der Waals surface area contributed by atoms with Gasteiger partial charge in [-0.25, -0.2) is 0 Å². The van der Waals surface area contributed by atoms with Crippen LogP contribution in [0.25, 0.3) is 0 Å². The van der Waals surface area contributed by atoms with Crippen LogP contribution in [-0.2, 0) is 4.74 Å². The van der Waals surface area contributed by atoms with E-state index >= 15 is 0 Å². The van der Waals surface area contributed by atoms with Crippen LogP contribution in [0.2, 0.25) is 0 Å². The first kappa shape index (κ1) is 14.3. The van der Waals surface area contributed by atoms with E-state index in [2.05, 4.69) is 44.8 Å². The largest absolute Gasteiger partial charge is 0.375 e. The molecule has 1 saturated carbocycles. The lowest BCUT2D eigenvalue weighted by Gasteiger charge is -2.45. The number of rotatable bonds is 4. The molecule has 2 atom stereocenters. The van der Waals surface area contributed by atoms with Gasteiger partial charge in [0.2, 0.25) is 0 Å². The fourth-order valence-corrected chi connectivity index (χ4v) is 2.91. The summed E-state index contributed by atoms with van der Waals surface area (Å²) in [6.07, 6.45) is 2.81. The summed E-state index contributed by atoms with van der Waals surface area (Å²) >= 11 is 0. The lowest BCUT2D eigenvalue weighted by molar-refractivity contribution is -0.0264. The number of piperazine rings is 1. The van der Waals surface area contributed by atoms with E-state index in [0.717, 1.165) is 25.6 Å². The number of nitrogens with one attached hydrogen (secondary N) is 1. The summed E-state index contributed by atoms with van der Waals surface area (Å²) in [4.78, 5) is 2.60. The summed E-state index contributed by atoms with van der Waals surface area (Å²) < 4.78 is 5.86. The summed E-state index contributed by atoms with van der Waals surface area (Å²) in [5, 5.41) is 3.76. The third kappa shape index (κ3) is 3.69. The fourth-order valence-electron chi connectivity index (χ4n) is 2.91. The van der Waals surface area contributed by atoms with Gasteiger partial charge >= 0.3 is 0 Å². The Kier molecular flexibility index (Phi) is 4.05. The average Bonchev–Trinajstić information content (AvgIpc) is 3.05. The molecule has 2 rings (SSSR count). The van der Waals surface area contributed by atoms with Crippen LogP contribution in [0.3, 0.4) is 0 Å². The van der Waals surface area contributed by atoms with Gasteiger partial charge in [0, 0.05) is 31.2 Å². The van der Waals surface area contributed by atoms with Crippen molar-refractivity contribution in [3.63, 3.8) is 0 Å². The SMILES string of the molecule is CC1CNC(C)(C2CC2)CN1CCOC(C)(C)C. The molecule has 1 heterocycles. The van der Waals surface area contributed by atoms with Gasteiger partial charge in [0.1, 0.15) is 0 Å². The monoisotopic (exact) mass is 254 g/mol. The average molecular weight is 254 g/mol. The molecule has 106 valence electrons. The zero-order valence-corrected chi connectivity index (χ0v) is 12.8. The summed E-state index contributed by atoms with van der Waals surface area (Å²) in [5.74, 6) is 0.899.